The van der Waals surface area contributed by atoms with Crippen LogP contribution >= 0.6 is 11.6 Å². The Morgan fingerprint density at radius 1 is 1.17 bits per heavy atom. The van der Waals surface area contributed by atoms with Gasteiger partial charge in [-0.1, -0.05) is 29.8 Å². The van der Waals surface area contributed by atoms with Gasteiger partial charge in [0.25, 0.3) is 0 Å². The van der Waals surface area contributed by atoms with E-state index in [9.17, 15) is 9.59 Å². The normalized spacial score (nSPS) is 10.1. The van der Waals surface area contributed by atoms with Crippen molar-refractivity contribution in [2.45, 2.75) is 6.92 Å². The topological polar surface area (TPSA) is 58.6 Å². The van der Waals surface area contributed by atoms with Gasteiger partial charge < -0.3 is 15.0 Å². The van der Waals surface area contributed by atoms with Crippen molar-refractivity contribution in [2.24, 2.45) is 0 Å². The Bertz CT molecular complexity index is 732. The van der Waals surface area contributed by atoms with E-state index in [1.54, 1.807) is 50.4 Å². The molecule has 0 atom stereocenters. The lowest BCUT2D eigenvalue weighted by Gasteiger charge is -2.17. The molecule has 1 N–H and O–H groups in total. The number of halogens is 1. The number of hydrogen-bond donors (Lipinski definition) is 1. The highest BCUT2D eigenvalue weighted by atomic mass is 35.5. The molecule has 0 aliphatic carbocycles. The molecular weight excluding hydrogens is 316 g/mol. The molecule has 0 saturated heterocycles. The average molecular weight is 333 g/mol. The van der Waals surface area contributed by atoms with E-state index in [1.807, 2.05) is 6.07 Å². The molecule has 0 spiro atoms. The van der Waals surface area contributed by atoms with E-state index in [0.717, 1.165) is 5.56 Å². The van der Waals surface area contributed by atoms with Crippen molar-refractivity contribution in [3.05, 3.63) is 53.1 Å². The van der Waals surface area contributed by atoms with Crippen LogP contribution in [0.1, 0.15) is 5.56 Å². The van der Waals surface area contributed by atoms with E-state index in [0.29, 0.717) is 22.1 Å². The van der Waals surface area contributed by atoms with E-state index >= 15 is 0 Å². The Labute approximate surface area is 139 Å². The smallest absolute Gasteiger partial charge is 0.316 e. The number of benzene rings is 2. The lowest BCUT2D eigenvalue weighted by molar-refractivity contribution is -0.134. The first-order valence-electron chi connectivity index (χ1n) is 6.92. The molecule has 0 aliphatic rings. The van der Waals surface area contributed by atoms with E-state index in [2.05, 4.69) is 5.32 Å². The molecule has 6 heteroatoms. The highest BCUT2D eigenvalue weighted by Crippen LogP contribution is 2.31. The fourth-order valence-corrected chi connectivity index (χ4v) is 2.18. The monoisotopic (exact) mass is 332 g/mol. The van der Waals surface area contributed by atoms with Gasteiger partial charge in [0.2, 0.25) is 0 Å². The van der Waals surface area contributed by atoms with Gasteiger partial charge in [-0.2, -0.15) is 0 Å². The van der Waals surface area contributed by atoms with Gasteiger partial charge in [-0.25, -0.2) is 0 Å². The Balaban J connectivity index is 2.19. The zero-order valence-electron chi connectivity index (χ0n) is 13.1. The molecule has 0 saturated carbocycles. The molecule has 0 unspecified atom stereocenters. The maximum atomic E-state index is 12.2. The Morgan fingerprint density at radius 3 is 2.43 bits per heavy atom. The van der Waals surface area contributed by atoms with Gasteiger partial charge in [-0.3, -0.25) is 9.59 Å². The van der Waals surface area contributed by atoms with Crippen molar-refractivity contribution < 1.29 is 14.3 Å². The molecule has 23 heavy (non-hydrogen) atoms. The third kappa shape index (κ3) is 3.81. The summed E-state index contributed by atoms with van der Waals surface area (Å²) in [6.45, 7) is 1.80. The van der Waals surface area contributed by atoms with Gasteiger partial charge in [0.15, 0.2) is 0 Å². The molecule has 0 aliphatic heterocycles. The van der Waals surface area contributed by atoms with E-state index in [4.69, 9.17) is 16.3 Å². The number of rotatable bonds is 3. The molecule has 2 amide bonds. The molecule has 120 valence electrons. The van der Waals surface area contributed by atoms with Crippen molar-refractivity contribution in [3.63, 3.8) is 0 Å². The molecule has 2 aromatic carbocycles. The van der Waals surface area contributed by atoms with Crippen molar-refractivity contribution >= 4 is 34.8 Å². The first kappa shape index (κ1) is 16.8. The number of nitrogens with zero attached hydrogens (tertiary/aromatic N) is 1. The second-order valence-electron chi connectivity index (χ2n) is 4.96. The van der Waals surface area contributed by atoms with Crippen molar-refractivity contribution in [3.8, 4) is 5.75 Å². The maximum Gasteiger partial charge on any atom is 0.316 e. The minimum atomic E-state index is -0.753. The second kappa shape index (κ2) is 7.15. The summed E-state index contributed by atoms with van der Waals surface area (Å²) in [5.41, 5.74) is 1.80. The summed E-state index contributed by atoms with van der Waals surface area (Å²) in [5, 5.41) is 3.09. The number of carbonyl (C=O) groups is 2. The minimum Gasteiger partial charge on any atom is -0.495 e. The third-order valence-corrected chi connectivity index (χ3v) is 3.78. The highest BCUT2D eigenvalue weighted by molar-refractivity contribution is 6.44. The van der Waals surface area contributed by atoms with E-state index < -0.39 is 11.8 Å². The van der Waals surface area contributed by atoms with Crippen LogP contribution in [0, 0.1) is 6.92 Å². The number of aryl methyl sites for hydroxylation is 1. The molecule has 0 fully saturated rings. The summed E-state index contributed by atoms with van der Waals surface area (Å²) in [6.07, 6.45) is 0. The van der Waals surface area contributed by atoms with E-state index in [-0.39, 0.29) is 0 Å². The molecule has 2 rings (SSSR count). The average Bonchev–Trinajstić information content (AvgIpc) is 2.57. The number of methoxy groups -OCH3 is 1. The van der Waals surface area contributed by atoms with Crippen LogP contribution < -0.4 is 15.0 Å². The second-order valence-corrected chi connectivity index (χ2v) is 5.36. The van der Waals surface area contributed by atoms with Crippen LogP contribution in [0.25, 0.3) is 0 Å². The molecule has 2 aromatic rings. The molecule has 0 radical (unpaired) electrons. The lowest BCUT2D eigenvalue weighted by atomic mass is 10.2. The maximum absolute atomic E-state index is 12.2. The summed E-state index contributed by atoms with van der Waals surface area (Å²) in [4.78, 5) is 25.7. The SMILES string of the molecule is COc1cc(Cl)c(C)cc1NC(=O)C(=O)N(C)c1ccccc1. The zero-order valence-corrected chi connectivity index (χ0v) is 13.8. The van der Waals surface area contributed by atoms with Gasteiger partial charge in [-0.15, -0.1) is 0 Å². The molecular formula is C17H17ClN2O3. The lowest BCUT2D eigenvalue weighted by Crippen LogP contribution is -2.37. The number of anilines is 2. The highest BCUT2D eigenvalue weighted by Gasteiger charge is 2.21. The van der Waals surface area contributed by atoms with Gasteiger partial charge in [-0.05, 0) is 30.7 Å². The fourth-order valence-electron chi connectivity index (χ4n) is 2.03. The fraction of sp³-hybridized carbons (Fsp3) is 0.176. The predicted molar refractivity (Wildman–Crippen MR) is 91.2 cm³/mol. The first-order valence-corrected chi connectivity index (χ1v) is 7.30. The first-order chi connectivity index (χ1) is 10.9. The van der Waals surface area contributed by atoms with Crippen molar-refractivity contribution in [1.29, 1.82) is 0 Å². The van der Waals surface area contributed by atoms with Crippen LogP contribution in [0.2, 0.25) is 5.02 Å². The number of para-hydroxylation sites is 1. The molecule has 0 heterocycles. The van der Waals surface area contributed by atoms with Crippen molar-refractivity contribution in [2.75, 3.05) is 24.4 Å². The van der Waals surface area contributed by atoms with Gasteiger partial charge in [0.1, 0.15) is 5.75 Å². The van der Waals surface area contributed by atoms with Crippen LogP contribution in [0.5, 0.6) is 5.75 Å². The van der Waals surface area contributed by atoms with Crippen molar-refractivity contribution in [1.82, 2.24) is 0 Å². The number of ether oxygens (including phenoxy) is 1. The summed E-state index contributed by atoms with van der Waals surface area (Å²) >= 11 is 6.03. The Morgan fingerprint density at radius 2 is 1.83 bits per heavy atom. The standard InChI is InChI=1S/C17H17ClN2O3/c1-11-9-14(15(23-3)10-13(11)18)19-16(21)17(22)20(2)12-7-5-4-6-8-12/h4-10H,1-3H3,(H,19,21). The van der Waals surface area contributed by atoms with Crippen LogP contribution in [0.4, 0.5) is 11.4 Å². The summed E-state index contributed by atoms with van der Waals surface area (Å²) in [6, 6.07) is 12.2. The molecule has 0 aromatic heterocycles. The van der Waals surface area contributed by atoms with Gasteiger partial charge >= 0.3 is 11.8 Å². The Hall–Kier alpha value is -2.53. The number of amides is 2. The zero-order chi connectivity index (χ0) is 17.0. The largest absolute Gasteiger partial charge is 0.495 e. The van der Waals surface area contributed by atoms with Crippen LogP contribution in [-0.2, 0) is 9.59 Å². The Kier molecular flexibility index (Phi) is 5.24. The predicted octanol–water partition coefficient (Wildman–Crippen LogP) is 3.26. The molecule has 0 bridgehead atoms. The number of carbonyl (C=O) groups excluding carboxylic acids is 2. The summed E-state index contributed by atoms with van der Waals surface area (Å²) in [5.74, 6) is -1.04. The minimum absolute atomic E-state index is 0.393. The summed E-state index contributed by atoms with van der Waals surface area (Å²) in [7, 11) is 3.01. The quantitative estimate of drug-likeness (QED) is 0.878. The summed E-state index contributed by atoms with van der Waals surface area (Å²) < 4.78 is 5.18. The number of likely N-dealkylation sites (N-methyl/N-ethyl adjacent to an activating group) is 1. The number of hydrogen-bond acceptors (Lipinski definition) is 3. The van der Waals surface area contributed by atoms with E-state index in [1.165, 1.54) is 12.0 Å². The van der Waals surface area contributed by atoms with Gasteiger partial charge in [0, 0.05) is 23.8 Å². The van der Waals surface area contributed by atoms with Crippen LogP contribution in [0.15, 0.2) is 42.5 Å². The van der Waals surface area contributed by atoms with Crippen LogP contribution in [0.3, 0.4) is 0 Å². The van der Waals surface area contributed by atoms with Crippen LogP contribution in [-0.4, -0.2) is 26.0 Å². The third-order valence-electron chi connectivity index (χ3n) is 3.37. The van der Waals surface area contributed by atoms with Gasteiger partial charge in [0.05, 0.1) is 12.8 Å². The molecule has 5 nitrogen and oxygen atoms in total. The number of nitrogens with one attached hydrogen (secondary N) is 1.